The molecule has 0 fully saturated rings. The van der Waals surface area contributed by atoms with E-state index in [1.807, 2.05) is 0 Å². The summed E-state index contributed by atoms with van der Waals surface area (Å²) in [6.07, 6.45) is 0. The molecule has 1 aromatic carbocycles. The molecule has 21 heavy (non-hydrogen) atoms. The first-order valence-electron chi connectivity index (χ1n) is 6.05. The molecule has 0 saturated carbocycles. The lowest BCUT2D eigenvalue weighted by molar-refractivity contribution is 0.413. The highest BCUT2D eigenvalue weighted by Gasteiger charge is 2.21. The van der Waals surface area contributed by atoms with Gasteiger partial charge in [0.15, 0.2) is 0 Å². The summed E-state index contributed by atoms with van der Waals surface area (Å²) in [5, 5.41) is 4.63. The first-order valence-corrected chi connectivity index (χ1v) is 8.41. The van der Waals surface area contributed by atoms with E-state index in [4.69, 9.17) is 4.74 Å². The van der Waals surface area contributed by atoms with Gasteiger partial charge in [-0.2, -0.15) is 0 Å². The lowest BCUT2D eigenvalue weighted by Crippen LogP contribution is -2.16. The third kappa shape index (κ3) is 3.52. The van der Waals surface area contributed by atoms with Crippen LogP contribution in [0.1, 0.15) is 4.88 Å². The molecule has 0 aliphatic carbocycles. The van der Waals surface area contributed by atoms with Crippen LogP contribution in [0.15, 0.2) is 34.5 Å². The number of halogens is 1. The van der Waals surface area contributed by atoms with E-state index in [0.717, 1.165) is 6.07 Å². The lowest BCUT2D eigenvalue weighted by atomic mass is 10.3. The number of anilines is 1. The van der Waals surface area contributed by atoms with Gasteiger partial charge < -0.3 is 10.1 Å². The van der Waals surface area contributed by atoms with Gasteiger partial charge in [0.25, 0.3) is 10.0 Å². The predicted molar refractivity (Wildman–Crippen MR) is 80.8 cm³/mol. The molecular formula is C13H15FN2O3S2. The molecule has 0 saturated heterocycles. The van der Waals surface area contributed by atoms with Crippen molar-refractivity contribution in [1.82, 2.24) is 5.32 Å². The molecule has 0 bridgehead atoms. The number of ether oxygens (including phenoxy) is 1. The maximum atomic E-state index is 13.1. The van der Waals surface area contributed by atoms with Crippen LogP contribution >= 0.6 is 11.3 Å². The van der Waals surface area contributed by atoms with Crippen LogP contribution in [-0.4, -0.2) is 22.6 Å². The van der Waals surface area contributed by atoms with E-state index in [9.17, 15) is 12.8 Å². The van der Waals surface area contributed by atoms with Gasteiger partial charge >= 0.3 is 0 Å². The van der Waals surface area contributed by atoms with Crippen molar-refractivity contribution in [3.63, 3.8) is 0 Å². The largest absolute Gasteiger partial charge is 0.494 e. The second kappa shape index (κ2) is 6.42. The zero-order valence-corrected chi connectivity index (χ0v) is 13.1. The topological polar surface area (TPSA) is 67.4 Å². The smallest absolute Gasteiger partial charge is 0.263 e. The summed E-state index contributed by atoms with van der Waals surface area (Å²) in [5.41, 5.74) is 0.195. The number of methoxy groups -OCH3 is 1. The maximum Gasteiger partial charge on any atom is 0.263 e. The molecule has 1 aromatic heterocycles. The van der Waals surface area contributed by atoms with Crippen LogP contribution in [0.4, 0.5) is 10.1 Å². The normalized spacial score (nSPS) is 11.4. The third-order valence-electron chi connectivity index (χ3n) is 2.74. The van der Waals surface area contributed by atoms with Crippen molar-refractivity contribution in [2.75, 3.05) is 18.9 Å². The summed E-state index contributed by atoms with van der Waals surface area (Å²) in [5.74, 6) is -0.370. The Morgan fingerprint density at radius 1 is 1.33 bits per heavy atom. The zero-order chi connectivity index (χ0) is 15.5. The first-order chi connectivity index (χ1) is 9.97. The fraction of sp³-hybridized carbons (Fsp3) is 0.231. The van der Waals surface area contributed by atoms with E-state index < -0.39 is 15.8 Å². The van der Waals surface area contributed by atoms with Gasteiger partial charge in [0.1, 0.15) is 16.5 Å². The average molecular weight is 330 g/mol. The Bertz CT molecular complexity index is 729. The Balaban J connectivity index is 2.35. The van der Waals surface area contributed by atoms with Gasteiger partial charge in [-0.05, 0) is 30.6 Å². The van der Waals surface area contributed by atoms with Crippen LogP contribution < -0.4 is 14.8 Å². The highest BCUT2D eigenvalue weighted by atomic mass is 32.2. The van der Waals surface area contributed by atoms with Crippen LogP contribution in [0, 0.1) is 5.82 Å². The van der Waals surface area contributed by atoms with Crippen LogP contribution in [-0.2, 0) is 16.6 Å². The fourth-order valence-corrected chi connectivity index (χ4v) is 4.33. The van der Waals surface area contributed by atoms with Gasteiger partial charge in [-0.1, -0.05) is 0 Å². The number of hydrogen-bond acceptors (Lipinski definition) is 5. The molecule has 0 radical (unpaired) electrons. The first kappa shape index (κ1) is 15.7. The summed E-state index contributed by atoms with van der Waals surface area (Å²) >= 11 is 1.35. The van der Waals surface area contributed by atoms with E-state index >= 15 is 0 Å². The van der Waals surface area contributed by atoms with Crippen molar-refractivity contribution in [2.24, 2.45) is 0 Å². The molecular weight excluding hydrogens is 315 g/mol. The van der Waals surface area contributed by atoms with Crippen LogP contribution in [0.5, 0.6) is 5.75 Å². The molecule has 1 heterocycles. The van der Waals surface area contributed by atoms with Crippen LogP contribution in [0.2, 0.25) is 0 Å². The van der Waals surface area contributed by atoms with Crippen LogP contribution in [0.25, 0.3) is 0 Å². The Kier molecular flexibility index (Phi) is 4.81. The Labute approximate surface area is 126 Å². The summed E-state index contributed by atoms with van der Waals surface area (Å²) in [6, 6.07) is 5.16. The number of thiophene rings is 1. The second-order valence-electron chi connectivity index (χ2n) is 4.19. The van der Waals surface area contributed by atoms with Gasteiger partial charge in [-0.25, -0.2) is 12.8 Å². The number of rotatable bonds is 6. The molecule has 2 N–H and O–H groups in total. The molecule has 114 valence electrons. The van der Waals surface area contributed by atoms with Gasteiger partial charge in [0.05, 0.1) is 12.8 Å². The van der Waals surface area contributed by atoms with Crippen molar-refractivity contribution >= 4 is 27.0 Å². The number of benzene rings is 1. The minimum absolute atomic E-state index is 0.129. The van der Waals surface area contributed by atoms with Crippen molar-refractivity contribution in [1.29, 1.82) is 0 Å². The highest BCUT2D eigenvalue weighted by molar-refractivity contribution is 7.93. The predicted octanol–water partition coefficient (Wildman–Crippen LogP) is 2.42. The summed E-state index contributed by atoms with van der Waals surface area (Å²) in [7, 11) is -0.657. The molecule has 0 aliphatic heterocycles. The zero-order valence-electron chi connectivity index (χ0n) is 11.5. The minimum atomic E-state index is -3.75. The Morgan fingerprint density at radius 3 is 2.76 bits per heavy atom. The molecule has 8 heteroatoms. The lowest BCUT2D eigenvalue weighted by Gasteiger charge is -2.12. The van der Waals surface area contributed by atoms with E-state index in [2.05, 4.69) is 10.0 Å². The Hall–Kier alpha value is -1.64. The second-order valence-corrected chi connectivity index (χ2v) is 6.84. The summed E-state index contributed by atoms with van der Waals surface area (Å²) in [4.78, 5) is 0.902. The van der Waals surface area contributed by atoms with E-state index in [0.29, 0.717) is 11.4 Å². The fourth-order valence-electron chi connectivity index (χ4n) is 1.81. The van der Waals surface area contributed by atoms with Crippen molar-refractivity contribution in [3.8, 4) is 5.75 Å². The van der Waals surface area contributed by atoms with Crippen LogP contribution in [0.3, 0.4) is 0 Å². The number of sulfonamides is 1. The van der Waals surface area contributed by atoms with E-state index in [-0.39, 0.29) is 16.3 Å². The molecule has 0 spiro atoms. The molecule has 5 nitrogen and oxygen atoms in total. The van der Waals surface area contributed by atoms with E-state index in [1.54, 1.807) is 12.4 Å². The van der Waals surface area contributed by atoms with Gasteiger partial charge in [0.2, 0.25) is 0 Å². The number of hydrogen-bond donors (Lipinski definition) is 2. The number of nitrogens with one attached hydrogen (secondary N) is 2. The quantitative estimate of drug-likeness (QED) is 0.853. The summed E-state index contributed by atoms with van der Waals surface area (Å²) in [6.45, 7) is 0.453. The third-order valence-corrected chi connectivity index (χ3v) is 5.24. The van der Waals surface area contributed by atoms with Crippen molar-refractivity contribution in [3.05, 3.63) is 40.3 Å². The van der Waals surface area contributed by atoms with Crippen molar-refractivity contribution < 1.29 is 17.5 Å². The Morgan fingerprint density at radius 2 is 2.10 bits per heavy atom. The van der Waals surface area contributed by atoms with Gasteiger partial charge in [-0.15, -0.1) is 11.3 Å². The molecule has 2 rings (SSSR count). The molecule has 0 unspecified atom stereocenters. The molecule has 0 amide bonds. The molecule has 2 aromatic rings. The highest BCUT2D eigenvalue weighted by Crippen LogP contribution is 2.29. The minimum Gasteiger partial charge on any atom is -0.494 e. The SMILES string of the molecule is CNCc1sccc1S(=O)(=O)Nc1ccc(F)cc1OC. The van der Waals surface area contributed by atoms with Crippen molar-refractivity contribution in [2.45, 2.75) is 11.4 Å². The standard InChI is InChI=1S/C13H15FN2O3S2/c1-15-8-12-13(5-6-20-12)21(17,18)16-10-4-3-9(14)7-11(10)19-2/h3-7,15-16H,8H2,1-2H3. The monoisotopic (exact) mass is 330 g/mol. The average Bonchev–Trinajstić information content (AvgIpc) is 2.90. The molecule has 0 atom stereocenters. The summed E-state index contributed by atoms with van der Waals surface area (Å²) < 4.78 is 45.4. The van der Waals surface area contributed by atoms with E-state index in [1.165, 1.54) is 36.6 Å². The van der Waals surface area contributed by atoms with Gasteiger partial charge in [0, 0.05) is 17.5 Å². The maximum absolute atomic E-state index is 13.1. The molecule has 0 aliphatic rings. The van der Waals surface area contributed by atoms with Gasteiger partial charge in [-0.3, -0.25) is 4.72 Å².